The molecule has 0 aliphatic heterocycles. The number of carbonyl (C=O) groups excluding carboxylic acids is 1. The number of nitrogens with zero attached hydrogens (tertiary/aromatic N) is 3. The zero-order chi connectivity index (χ0) is 18.9. The minimum absolute atomic E-state index is 0.137. The number of benzene rings is 2. The highest BCUT2D eigenvalue weighted by Crippen LogP contribution is 2.24. The Morgan fingerprint density at radius 3 is 2.57 bits per heavy atom. The second-order valence-corrected chi connectivity index (χ2v) is 7.26. The van der Waals surface area contributed by atoms with E-state index in [2.05, 4.69) is 10.3 Å². The molecule has 0 aliphatic carbocycles. The Kier molecular flexibility index (Phi) is 4.03. The first-order valence-corrected chi connectivity index (χ1v) is 9.72. The fraction of sp³-hybridized carbons (Fsp3) is 0. The molecular weight excluding hydrogens is 368 g/mol. The molecule has 1 N–H and O–H groups in total. The van der Waals surface area contributed by atoms with Crippen molar-refractivity contribution in [3.05, 3.63) is 96.4 Å². The Balaban J connectivity index is 1.35. The summed E-state index contributed by atoms with van der Waals surface area (Å²) in [4.78, 5) is 18.2. The van der Waals surface area contributed by atoms with Crippen molar-refractivity contribution >= 4 is 27.9 Å². The third kappa shape index (κ3) is 3.10. The number of fused-ring (bicyclic) bond motifs is 1. The fourth-order valence-corrected chi connectivity index (χ4v) is 3.82. The quantitative estimate of drug-likeness (QED) is 0.468. The van der Waals surface area contributed by atoms with Crippen LogP contribution in [0.1, 0.15) is 10.4 Å². The first-order chi connectivity index (χ1) is 13.8. The molecule has 0 saturated heterocycles. The Morgan fingerprint density at radius 2 is 1.79 bits per heavy atom. The molecule has 3 aromatic heterocycles. The Hall–Kier alpha value is -3.64. The summed E-state index contributed by atoms with van der Waals surface area (Å²) in [6.45, 7) is 0. The van der Waals surface area contributed by atoms with Crippen molar-refractivity contribution < 1.29 is 4.79 Å². The third-order valence-electron chi connectivity index (χ3n) is 4.54. The van der Waals surface area contributed by atoms with Crippen molar-refractivity contribution in [2.24, 2.45) is 0 Å². The number of carbonyl (C=O) groups is 1. The van der Waals surface area contributed by atoms with Crippen LogP contribution in [0.5, 0.6) is 0 Å². The number of thiazole rings is 1. The highest BCUT2D eigenvalue weighted by Gasteiger charge is 2.09. The van der Waals surface area contributed by atoms with Gasteiger partial charge in [-0.25, -0.2) is 4.98 Å². The molecule has 1 amide bonds. The number of anilines is 1. The number of imidazole rings is 1. The maximum atomic E-state index is 12.6. The molecular formula is C22H16N4OS. The van der Waals surface area contributed by atoms with Crippen LogP contribution in [0.2, 0.25) is 0 Å². The van der Waals surface area contributed by atoms with E-state index < -0.39 is 0 Å². The number of nitrogens with one attached hydrogen (secondary N) is 1. The summed E-state index contributed by atoms with van der Waals surface area (Å²) < 4.78 is 4.00. The van der Waals surface area contributed by atoms with Crippen molar-refractivity contribution in [3.8, 4) is 16.9 Å². The van der Waals surface area contributed by atoms with Crippen molar-refractivity contribution in [3.63, 3.8) is 0 Å². The van der Waals surface area contributed by atoms with Crippen molar-refractivity contribution in [1.82, 2.24) is 14.0 Å². The fourth-order valence-electron chi connectivity index (χ4n) is 3.12. The molecule has 3 heterocycles. The van der Waals surface area contributed by atoms with E-state index in [0.717, 1.165) is 27.6 Å². The van der Waals surface area contributed by atoms with Gasteiger partial charge in [-0.05, 0) is 48.5 Å². The van der Waals surface area contributed by atoms with Crippen LogP contribution in [-0.2, 0) is 0 Å². The van der Waals surface area contributed by atoms with Gasteiger partial charge in [0, 0.05) is 52.7 Å². The Bertz CT molecular complexity index is 1220. The number of hydrogen-bond acceptors (Lipinski definition) is 3. The molecule has 0 atom stereocenters. The minimum Gasteiger partial charge on any atom is -0.324 e. The summed E-state index contributed by atoms with van der Waals surface area (Å²) in [5.74, 6) is -0.137. The first-order valence-electron chi connectivity index (χ1n) is 8.84. The number of hydrogen-bond donors (Lipinski definition) is 1. The number of rotatable bonds is 4. The van der Waals surface area contributed by atoms with Crippen LogP contribution in [0.25, 0.3) is 21.9 Å². The molecule has 5 aromatic rings. The van der Waals surface area contributed by atoms with Crippen LogP contribution in [0, 0.1) is 0 Å². The van der Waals surface area contributed by atoms with E-state index in [1.807, 2.05) is 99.8 Å². The van der Waals surface area contributed by atoms with Gasteiger partial charge in [-0.1, -0.05) is 12.1 Å². The molecule has 2 aromatic carbocycles. The van der Waals surface area contributed by atoms with Gasteiger partial charge in [0.05, 0.1) is 5.69 Å². The van der Waals surface area contributed by atoms with Crippen LogP contribution in [-0.4, -0.2) is 19.9 Å². The molecule has 5 rings (SSSR count). The lowest BCUT2D eigenvalue weighted by atomic mass is 10.1. The van der Waals surface area contributed by atoms with Gasteiger partial charge < -0.3 is 9.88 Å². The molecule has 0 radical (unpaired) electrons. The van der Waals surface area contributed by atoms with Gasteiger partial charge in [0.15, 0.2) is 4.96 Å². The van der Waals surface area contributed by atoms with E-state index in [4.69, 9.17) is 0 Å². The van der Waals surface area contributed by atoms with Crippen LogP contribution in [0.4, 0.5) is 5.69 Å². The van der Waals surface area contributed by atoms with Gasteiger partial charge in [-0.3, -0.25) is 9.20 Å². The zero-order valence-electron chi connectivity index (χ0n) is 14.8. The molecule has 5 nitrogen and oxygen atoms in total. The van der Waals surface area contributed by atoms with E-state index in [-0.39, 0.29) is 5.91 Å². The van der Waals surface area contributed by atoms with E-state index in [0.29, 0.717) is 5.56 Å². The maximum absolute atomic E-state index is 12.6. The molecule has 0 saturated carbocycles. The molecule has 0 unspecified atom stereocenters. The van der Waals surface area contributed by atoms with Gasteiger partial charge in [-0.15, -0.1) is 11.3 Å². The summed E-state index contributed by atoms with van der Waals surface area (Å²) in [5.41, 5.74) is 4.23. The predicted octanol–water partition coefficient (Wildman–Crippen LogP) is 5.11. The number of aromatic nitrogens is 3. The summed E-state index contributed by atoms with van der Waals surface area (Å²) >= 11 is 1.60. The summed E-state index contributed by atoms with van der Waals surface area (Å²) in [6, 6.07) is 19.2. The van der Waals surface area contributed by atoms with E-state index in [1.54, 1.807) is 11.3 Å². The van der Waals surface area contributed by atoms with Gasteiger partial charge in [0.1, 0.15) is 0 Å². The van der Waals surface area contributed by atoms with Gasteiger partial charge in [0.2, 0.25) is 0 Å². The smallest absolute Gasteiger partial charge is 0.255 e. The standard InChI is InChI=1S/C22H16N4OS/c27-21(16-6-8-19(9-7-16)25-10-1-2-11-25)23-18-5-3-4-17(14-18)20-15-26-12-13-28-22(26)24-20/h1-15H,(H,23,27). The third-order valence-corrected chi connectivity index (χ3v) is 5.31. The average molecular weight is 384 g/mol. The maximum Gasteiger partial charge on any atom is 0.255 e. The molecule has 6 heteroatoms. The van der Waals surface area contributed by atoms with E-state index >= 15 is 0 Å². The number of amides is 1. The normalized spacial score (nSPS) is 11.0. The zero-order valence-corrected chi connectivity index (χ0v) is 15.6. The van der Waals surface area contributed by atoms with Gasteiger partial charge in [-0.2, -0.15) is 0 Å². The summed E-state index contributed by atoms with van der Waals surface area (Å²) in [6.07, 6.45) is 7.92. The Labute approximate surface area is 165 Å². The van der Waals surface area contributed by atoms with E-state index in [1.165, 1.54) is 0 Å². The van der Waals surface area contributed by atoms with Crippen LogP contribution >= 0.6 is 11.3 Å². The largest absolute Gasteiger partial charge is 0.324 e. The second kappa shape index (κ2) is 6.83. The predicted molar refractivity (Wildman–Crippen MR) is 112 cm³/mol. The molecule has 136 valence electrons. The lowest BCUT2D eigenvalue weighted by Crippen LogP contribution is -2.11. The molecule has 28 heavy (non-hydrogen) atoms. The first kappa shape index (κ1) is 16.5. The lowest BCUT2D eigenvalue weighted by Gasteiger charge is -2.08. The lowest BCUT2D eigenvalue weighted by molar-refractivity contribution is 0.102. The average Bonchev–Trinajstić information content (AvgIpc) is 3.46. The van der Waals surface area contributed by atoms with Crippen LogP contribution in [0.15, 0.2) is 90.8 Å². The Morgan fingerprint density at radius 1 is 0.964 bits per heavy atom. The summed E-state index contributed by atoms with van der Waals surface area (Å²) in [5, 5.41) is 4.98. The monoisotopic (exact) mass is 384 g/mol. The molecule has 0 fully saturated rings. The SMILES string of the molecule is O=C(Nc1cccc(-c2cn3ccsc3n2)c1)c1ccc(-n2cccc2)cc1. The van der Waals surface area contributed by atoms with Crippen molar-refractivity contribution in [2.45, 2.75) is 0 Å². The molecule has 0 spiro atoms. The molecule has 0 aliphatic rings. The van der Waals surface area contributed by atoms with Crippen molar-refractivity contribution in [2.75, 3.05) is 5.32 Å². The topological polar surface area (TPSA) is 51.3 Å². The van der Waals surface area contributed by atoms with Gasteiger partial charge in [0.25, 0.3) is 5.91 Å². The van der Waals surface area contributed by atoms with Crippen molar-refractivity contribution in [1.29, 1.82) is 0 Å². The van der Waals surface area contributed by atoms with Gasteiger partial charge >= 0.3 is 0 Å². The second-order valence-electron chi connectivity index (χ2n) is 6.39. The van der Waals surface area contributed by atoms with E-state index in [9.17, 15) is 4.79 Å². The highest BCUT2D eigenvalue weighted by molar-refractivity contribution is 7.15. The van der Waals surface area contributed by atoms with Crippen LogP contribution < -0.4 is 5.32 Å². The highest BCUT2D eigenvalue weighted by atomic mass is 32.1. The summed E-state index contributed by atoms with van der Waals surface area (Å²) in [7, 11) is 0. The molecule has 0 bridgehead atoms. The minimum atomic E-state index is -0.137. The van der Waals surface area contributed by atoms with Crippen LogP contribution in [0.3, 0.4) is 0 Å².